The van der Waals surface area contributed by atoms with Gasteiger partial charge in [0.2, 0.25) is 17.9 Å². The molecule has 2 fully saturated rings. The highest BCUT2D eigenvalue weighted by Gasteiger charge is 2.46. The number of carboxylic acid groups (broad SMARTS) is 1. The summed E-state index contributed by atoms with van der Waals surface area (Å²) >= 11 is 6.08. The van der Waals surface area contributed by atoms with Gasteiger partial charge in [-0.2, -0.15) is 23.1 Å². The van der Waals surface area contributed by atoms with Gasteiger partial charge in [0.05, 0.1) is 0 Å². The molecule has 5 rings (SSSR count). The number of halogens is 7. The van der Waals surface area contributed by atoms with E-state index in [-0.39, 0.29) is 33.3 Å². The van der Waals surface area contributed by atoms with Crippen LogP contribution >= 0.6 is 11.6 Å². The van der Waals surface area contributed by atoms with Crippen LogP contribution in [-0.4, -0.2) is 59.3 Å². The van der Waals surface area contributed by atoms with Crippen molar-refractivity contribution in [1.29, 1.82) is 0 Å². The summed E-state index contributed by atoms with van der Waals surface area (Å²) < 4.78 is 91.4. The number of benzene rings is 2. The average molecular weight is 646 g/mol. The number of ether oxygens (including phenoxy) is 2. The van der Waals surface area contributed by atoms with Crippen molar-refractivity contribution in [3.05, 3.63) is 59.1 Å². The zero-order valence-corrected chi connectivity index (χ0v) is 23.5. The van der Waals surface area contributed by atoms with Gasteiger partial charge < -0.3 is 30.5 Å². The van der Waals surface area contributed by atoms with Crippen LogP contribution in [0, 0.1) is 5.41 Å². The molecule has 2 aliphatic heterocycles. The fraction of sp³-hybridized carbons (Fsp3) is 0.393. The first-order valence-corrected chi connectivity index (χ1v) is 13.7. The van der Waals surface area contributed by atoms with E-state index >= 15 is 0 Å². The van der Waals surface area contributed by atoms with E-state index in [4.69, 9.17) is 22.1 Å². The maximum Gasteiger partial charge on any atom is 0.573 e. The first-order chi connectivity index (χ1) is 20.6. The molecule has 1 spiro atoms. The van der Waals surface area contributed by atoms with Crippen LogP contribution in [0.5, 0.6) is 11.6 Å². The molecule has 9 nitrogen and oxygen atoms in total. The molecule has 236 valence electrons. The molecular weight excluding hydrogens is 620 g/mol. The van der Waals surface area contributed by atoms with E-state index in [0.717, 1.165) is 18.2 Å². The Morgan fingerprint density at radius 3 is 2.45 bits per heavy atom. The van der Waals surface area contributed by atoms with Gasteiger partial charge in [0.1, 0.15) is 17.6 Å². The number of hydrogen-bond acceptors (Lipinski definition) is 8. The zero-order valence-electron chi connectivity index (χ0n) is 22.8. The van der Waals surface area contributed by atoms with E-state index in [1.165, 1.54) is 30.3 Å². The maximum atomic E-state index is 14.5. The normalized spacial score (nSPS) is 19.2. The lowest BCUT2D eigenvalue weighted by Crippen LogP contribution is -2.41. The topological polar surface area (TPSA) is 123 Å². The summed E-state index contributed by atoms with van der Waals surface area (Å²) in [6, 6.07) is 8.53. The maximum absolute atomic E-state index is 14.5. The lowest BCUT2D eigenvalue weighted by atomic mass is 9.76. The van der Waals surface area contributed by atoms with E-state index in [9.17, 15) is 36.2 Å². The van der Waals surface area contributed by atoms with E-state index in [0.29, 0.717) is 38.9 Å². The van der Waals surface area contributed by atoms with E-state index < -0.39 is 47.8 Å². The van der Waals surface area contributed by atoms with Gasteiger partial charge in [0, 0.05) is 36.3 Å². The predicted octanol–water partition coefficient (Wildman–Crippen LogP) is 5.99. The van der Waals surface area contributed by atoms with E-state index in [2.05, 4.69) is 20.0 Å². The number of aliphatic carboxylic acids is 1. The molecule has 0 aliphatic carbocycles. The number of nitrogens with zero attached hydrogens (tertiary/aromatic N) is 3. The molecule has 0 saturated carbocycles. The van der Waals surface area contributed by atoms with Crippen molar-refractivity contribution in [3.8, 4) is 22.8 Å². The number of alkyl halides is 6. The van der Waals surface area contributed by atoms with Crippen LogP contribution in [0.4, 0.5) is 38.1 Å². The van der Waals surface area contributed by atoms with Gasteiger partial charge in [-0.1, -0.05) is 29.8 Å². The molecule has 2 aliphatic rings. The SMILES string of the molecule is Nc1nc(O[C@H](c2ccc(Cl)cc2-c2cccc(OC(F)(F)F)c2)C(F)(F)F)cc(N2CCC3(CC2)CNC(C(=O)O)C3)n1. The second kappa shape index (κ2) is 11.8. The quantitative estimate of drug-likeness (QED) is 0.266. The first kappa shape index (κ1) is 31.4. The molecule has 3 heterocycles. The van der Waals surface area contributed by atoms with Crippen molar-refractivity contribution >= 4 is 29.3 Å². The van der Waals surface area contributed by atoms with Crippen molar-refractivity contribution in [2.24, 2.45) is 5.41 Å². The number of carboxylic acids is 1. The van der Waals surface area contributed by atoms with Crippen LogP contribution in [0.2, 0.25) is 5.02 Å². The smallest absolute Gasteiger partial charge is 0.480 e. The Hall–Kier alpha value is -3.98. The monoisotopic (exact) mass is 645 g/mol. The molecule has 2 aromatic carbocycles. The number of nitrogens with two attached hydrogens (primary N) is 1. The first-order valence-electron chi connectivity index (χ1n) is 13.4. The zero-order chi connectivity index (χ0) is 31.9. The molecule has 2 saturated heterocycles. The number of aromatic nitrogens is 2. The number of anilines is 2. The van der Waals surface area contributed by atoms with Crippen molar-refractivity contribution in [3.63, 3.8) is 0 Å². The number of hydrogen-bond donors (Lipinski definition) is 3. The van der Waals surface area contributed by atoms with Crippen LogP contribution in [0.3, 0.4) is 0 Å². The van der Waals surface area contributed by atoms with Gasteiger partial charge in [-0.25, -0.2) is 0 Å². The van der Waals surface area contributed by atoms with Gasteiger partial charge in [0.15, 0.2) is 0 Å². The number of nitrogens with one attached hydrogen (secondary N) is 1. The molecule has 0 amide bonds. The molecular formula is C28H26ClF6N5O4. The van der Waals surface area contributed by atoms with Gasteiger partial charge in [0.25, 0.3) is 0 Å². The fourth-order valence-electron chi connectivity index (χ4n) is 5.63. The minimum Gasteiger partial charge on any atom is -0.480 e. The number of piperidine rings is 1. The van der Waals surface area contributed by atoms with Gasteiger partial charge in [-0.3, -0.25) is 4.79 Å². The van der Waals surface area contributed by atoms with E-state index in [1.54, 1.807) is 0 Å². The van der Waals surface area contributed by atoms with Gasteiger partial charge in [-0.15, -0.1) is 13.2 Å². The second-order valence-corrected chi connectivity index (χ2v) is 11.2. The molecule has 0 radical (unpaired) electrons. The van der Waals surface area contributed by atoms with Crippen LogP contribution in [0.25, 0.3) is 11.1 Å². The number of nitrogen functional groups attached to an aromatic ring is 1. The van der Waals surface area contributed by atoms with Gasteiger partial charge >= 0.3 is 18.5 Å². The summed E-state index contributed by atoms with van der Waals surface area (Å²) in [7, 11) is 0. The van der Waals surface area contributed by atoms with Crippen LogP contribution < -0.4 is 25.4 Å². The summed E-state index contributed by atoms with van der Waals surface area (Å²) in [6.45, 7) is 1.44. The highest BCUT2D eigenvalue weighted by atomic mass is 35.5. The van der Waals surface area contributed by atoms with Gasteiger partial charge in [-0.05, 0) is 60.1 Å². The van der Waals surface area contributed by atoms with Crippen LogP contribution in [0.15, 0.2) is 48.5 Å². The largest absolute Gasteiger partial charge is 0.573 e. The van der Waals surface area contributed by atoms with Crippen LogP contribution in [0.1, 0.15) is 30.9 Å². The average Bonchev–Trinajstić information content (AvgIpc) is 3.34. The lowest BCUT2D eigenvalue weighted by Gasteiger charge is -2.39. The van der Waals surface area contributed by atoms with E-state index in [1.807, 2.05) is 4.90 Å². The standard InChI is InChI=1S/C28H26ClF6N5O4/c29-16-4-5-18(19(11-16)15-2-1-3-17(10-15)44-28(33,34)35)23(27(30,31)32)43-22-12-21(38-25(36)39-22)40-8-6-26(7-9-40)13-20(24(41)42)37-14-26/h1-5,10-12,20,23,37H,6-9,13-14H2,(H,41,42)(H2,36,38,39)/t20?,23-/m1/s1. The van der Waals surface area contributed by atoms with Crippen molar-refractivity contribution in [1.82, 2.24) is 15.3 Å². The molecule has 3 aromatic rings. The summed E-state index contributed by atoms with van der Waals surface area (Å²) in [6.07, 6.45) is -10.9. The molecule has 2 atom stereocenters. The minimum absolute atomic E-state index is 0.0289. The molecule has 0 bridgehead atoms. The Balaban J connectivity index is 1.42. The number of rotatable bonds is 7. The summed E-state index contributed by atoms with van der Waals surface area (Å²) in [5.74, 6) is -2.12. The Morgan fingerprint density at radius 2 is 1.82 bits per heavy atom. The Labute approximate surface area is 251 Å². The molecule has 16 heteroatoms. The highest BCUT2D eigenvalue weighted by molar-refractivity contribution is 6.30. The third-order valence-corrected chi connectivity index (χ3v) is 7.96. The molecule has 1 unspecified atom stereocenters. The van der Waals surface area contributed by atoms with Crippen molar-refractivity contribution in [2.45, 2.75) is 43.9 Å². The Morgan fingerprint density at radius 1 is 1.09 bits per heavy atom. The highest BCUT2D eigenvalue weighted by Crippen LogP contribution is 2.44. The Bertz CT molecular complexity index is 1530. The molecule has 44 heavy (non-hydrogen) atoms. The summed E-state index contributed by atoms with van der Waals surface area (Å²) in [5, 5.41) is 12.4. The molecule has 1 aromatic heterocycles. The Kier molecular flexibility index (Phi) is 8.46. The van der Waals surface area contributed by atoms with Crippen molar-refractivity contribution in [2.75, 3.05) is 30.3 Å². The predicted molar refractivity (Wildman–Crippen MR) is 147 cm³/mol. The van der Waals surface area contributed by atoms with Crippen LogP contribution in [-0.2, 0) is 4.79 Å². The summed E-state index contributed by atoms with van der Waals surface area (Å²) in [4.78, 5) is 21.2. The van der Waals surface area contributed by atoms with Crippen molar-refractivity contribution < 1.29 is 45.7 Å². The third-order valence-electron chi connectivity index (χ3n) is 7.73. The second-order valence-electron chi connectivity index (χ2n) is 10.7. The lowest BCUT2D eigenvalue weighted by molar-refractivity contribution is -0.274. The fourth-order valence-corrected chi connectivity index (χ4v) is 5.80. The summed E-state index contributed by atoms with van der Waals surface area (Å²) in [5.41, 5.74) is 5.03. The number of carbonyl (C=O) groups is 1. The third kappa shape index (κ3) is 7.21. The molecule has 4 N–H and O–H groups in total. The minimum atomic E-state index is -5.01.